The van der Waals surface area contributed by atoms with E-state index in [4.69, 9.17) is 17.3 Å². The molecule has 0 aliphatic rings. The first-order chi connectivity index (χ1) is 11.2. The molecule has 2 N–H and O–H groups in total. The standard InChI is InChI=1S/C18H13ClN4/c19-14-8-6-13(7-9-14)16-11-22-23-17(20)15(10-21-18(16)23)12-4-2-1-3-5-12/h1-11H,20H2. The smallest absolute Gasteiger partial charge is 0.165 e. The zero-order valence-corrected chi connectivity index (χ0v) is 12.9. The van der Waals surface area contributed by atoms with Gasteiger partial charge >= 0.3 is 0 Å². The van der Waals surface area contributed by atoms with Gasteiger partial charge in [-0.3, -0.25) is 0 Å². The lowest BCUT2D eigenvalue weighted by Crippen LogP contribution is -2.02. The number of benzene rings is 2. The van der Waals surface area contributed by atoms with Crippen molar-refractivity contribution in [3.63, 3.8) is 0 Å². The van der Waals surface area contributed by atoms with Gasteiger partial charge in [-0.15, -0.1) is 0 Å². The van der Waals surface area contributed by atoms with Gasteiger partial charge in [0.1, 0.15) is 5.82 Å². The highest BCUT2D eigenvalue weighted by atomic mass is 35.5. The number of halogens is 1. The summed E-state index contributed by atoms with van der Waals surface area (Å²) in [5.41, 5.74) is 10.8. The van der Waals surface area contributed by atoms with Gasteiger partial charge in [0, 0.05) is 22.3 Å². The van der Waals surface area contributed by atoms with E-state index < -0.39 is 0 Å². The minimum atomic E-state index is 0.571. The molecule has 0 unspecified atom stereocenters. The second kappa shape index (κ2) is 5.41. The molecule has 0 fully saturated rings. The van der Waals surface area contributed by atoms with E-state index in [2.05, 4.69) is 10.1 Å². The van der Waals surface area contributed by atoms with Crippen molar-refractivity contribution in [3.8, 4) is 22.3 Å². The van der Waals surface area contributed by atoms with Crippen LogP contribution >= 0.6 is 11.6 Å². The maximum atomic E-state index is 6.31. The Morgan fingerprint density at radius 1 is 0.826 bits per heavy atom. The number of nitrogen functional groups attached to an aromatic ring is 1. The average molecular weight is 321 g/mol. The molecule has 0 saturated carbocycles. The van der Waals surface area contributed by atoms with Gasteiger partial charge in [0.15, 0.2) is 5.65 Å². The number of hydrogen-bond donors (Lipinski definition) is 1. The predicted octanol–water partition coefficient (Wildman–Crippen LogP) is 4.30. The summed E-state index contributed by atoms with van der Waals surface area (Å²) in [5, 5.41) is 5.10. The Labute approximate surface area is 138 Å². The van der Waals surface area contributed by atoms with Crippen LogP contribution in [0.3, 0.4) is 0 Å². The third-order valence-corrected chi connectivity index (χ3v) is 4.06. The summed E-state index contributed by atoms with van der Waals surface area (Å²) >= 11 is 5.95. The maximum absolute atomic E-state index is 6.31. The van der Waals surface area contributed by atoms with E-state index in [1.165, 1.54) is 0 Å². The third-order valence-electron chi connectivity index (χ3n) is 3.80. The van der Waals surface area contributed by atoms with Crippen LogP contribution in [0.4, 0.5) is 5.82 Å². The first-order valence-electron chi connectivity index (χ1n) is 7.17. The lowest BCUT2D eigenvalue weighted by molar-refractivity contribution is 0.954. The summed E-state index contributed by atoms with van der Waals surface area (Å²) in [7, 11) is 0. The lowest BCUT2D eigenvalue weighted by atomic mass is 10.1. The van der Waals surface area contributed by atoms with Crippen LogP contribution in [0.1, 0.15) is 0 Å². The highest BCUT2D eigenvalue weighted by Gasteiger charge is 2.13. The van der Waals surface area contributed by atoms with E-state index >= 15 is 0 Å². The normalized spacial score (nSPS) is 11.0. The quantitative estimate of drug-likeness (QED) is 0.599. The summed E-state index contributed by atoms with van der Waals surface area (Å²) in [6, 6.07) is 17.5. The van der Waals surface area contributed by atoms with Gasteiger partial charge in [0.2, 0.25) is 0 Å². The molecule has 5 heteroatoms. The van der Waals surface area contributed by atoms with E-state index in [-0.39, 0.29) is 0 Å². The van der Waals surface area contributed by atoms with Gasteiger partial charge in [-0.25, -0.2) is 4.98 Å². The van der Waals surface area contributed by atoms with E-state index in [0.717, 1.165) is 27.9 Å². The fraction of sp³-hybridized carbons (Fsp3) is 0. The molecule has 0 bridgehead atoms. The highest BCUT2D eigenvalue weighted by Crippen LogP contribution is 2.30. The van der Waals surface area contributed by atoms with Crippen LogP contribution in [-0.4, -0.2) is 14.6 Å². The van der Waals surface area contributed by atoms with Crippen LogP contribution in [0, 0.1) is 0 Å². The van der Waals surface area contributed by atoms with E-state index in [1.54, 1.807) is 16.9 Å². The van der Waals surface area contributed by atoms with Crippen molar-refractivity contribution in [3.05, 3.63) is 72.0 Å². The van der Waals surface area contributed by atoms with Crippen molar-refractivity contribution in [2.24, 2.45) is 0 Å². The molecule has 0 amide bonds. The molecule has 0 aliphatic heterocycles. The molecule has 4 rings (SSSR count). The molecular formula is C18H13ClN4. The zero-order chi connectivity index (χ0) is 15.8. The topological polar surface area (TPSA) is 56.2 Å². The highest BCUT2D eigenvalue weighted by molar-refractivity contribution is 6.30. The number of nitrogens with zero attached hydrogens (tertiary/aromatic N) is 3. The first-order valence-corrected chi connectivity index (χ1v) is 7.55. The first kappa shape index (κ1) is 13.8. The molecule has 4 aromatic rings. The molecular weight excluding hydrogens is 308 g/mol. The molecule has 0 atom stereocenters. The predicted molar refractivity (Wildman–Crippen MR) is 93.3 cm³/mol. The number of nitrogens with two attached hydrogens (primary N) is 1. The van der Waals surface area contributed by atoms with E-state index in [1.807, 2.05) is 54.6 Å². The van der Waals surface area contributed by atoms with Crippen molar-refractivity contribution in [1.29, 1.82) is 0 Å². The largest absolute Gasteiger partial charge is 0.383 e. The van der Waals surface area contributed by atoms with E-state index in [0.29, 0.717) is 10.8 Å². The average Bonchev–Trinajstić information content (AvgIpc) is 3.02. The Bertz CT molecular complexity index is 975. The summed E-state index contributed by atoms with van der Waals surface area (Å²) in [5.74, 6) is 0.571. The van der Waals surface area contributed by atoms with Gasteiger partial charge in [-0.1, -0.05) is 54.1 Å². The van der Waals surface area contributed by atoms with Gasteiger partial charge in [-0.2, -0.15) is 9.61 Å². The van der Waals surface area contributed by atoms with Crippen molar-refractivity contribution in [1.82, 2.24) is 14.6 Å². The monoisotopic (exact) mass is 320 g/mol. The molecule has 0 aliphatic carbocycles. The molecule has 2 aromatic heterocycles. The number of aromatic nitrogens is 3. The minimum Gasteiger partial charge on any atom is -0.383 e. The van der Waals surface area contributed by atoms with Crippen LogP contribution in [0.25, 0.3) is 27.9 Å². The molecule has 2 aromatic carbocycles. The fourth-order valence-electron chi connectivity index (χ4n) is 2.62. The Hall–Kier alpha value is -2.85. The molecule has 0 radical (unpaired) electrons. The summed E-state index contributed by atoms with van der Waals surface area (Å²) in [4.78, 5) is 4.56. The molecule has 112 valence electrons. The maximum Gasteiger partial charge on any atom is 0.165 e. The Morgan fingerprint density at radius 3 is 2.26 bits per heavy atom. The van der Waals surface area contributed by atoms with Gasteiger partial charge in [0.05, 0.1) is 6.20 Å². The van der Waals surface area contributed by atoms with Crippen LogP contribution in [0.5, 0.6) is 0 Å². The van der Waals surface area contributed by atoms with Gasteiger partial charge < -0.3 is 5.73 Å². The molecule has 0 saturated heterocycles. The number of anilines is 1. The van der Waals surface area contributed by atoms with Crippen molar-refractivity contribution in [2.45, 2.75) is 0 Å². The second-order valence-electron chi connectivity index (χ2n) is 5.22. The van der Waals surface area contributed by atoms with Crippen molar-refractivity contribution >= 4 is 23.1 Å². The lowest BCUT2D eigenvalue weighted by Gasteiger charge is -2.07. The van der Waals surface area contributed by atoms with Crippen LogP contribution in [0.2, 0.25) is 5.02 Å². The van der Waals surface area contributed by atoms with Crippen LogP contribution < -0.4 is 5.73 Å². The molecule has 2 heterocycles. The van der Waals surface area contributed by atoms with Crippen LogP contribution in [0.15, 0.2) is 67.0 Å². The Kier molecular flexibility index (Phi) is 3.24. The van der Waals surface area contributed by atoms with Crippen LogP contribution in [-0.2, 0) is 0 Å². The minimum absolute atomic E-state index is 0.571. The summed E-state index contributed by atoms with van der Waals surface area (Å²) in [6.45, 7) is 0. The number of rotatable bonds is 2. The van der Waals surface area contributed by atoms with Gasteiger partial charge in [0.25, 0.3) is 0 Å². The van der Waals surface area contributed by atoms with Gasteiger partial charge in [-0.05, 0) is 23.3 Å². The summed E-state index contributed by atoms with van der Waals surface area (Å²) < 4.78 is 1.67. The van der Waals surface area contributed by atoms with E-state index in [9.17, 15) is 0 Å². The second-order valence-corrected chi connectivity index (χ2v) is 5.66. The van der Waals surface area contributed by atoms with Crippen molar-refractivity contribution in [2.75, 3.05) is 5.73 Å². The summed E-state index contributed by atoms with van der Waals surface area (Å²) in [6.07, 6.45) is 3.57. The fourth-order valence-corrected chi connectivity index (χ4v) is 2.75. The number of fused-ring (bicyclic) bond motifs is 1. The van der Waals surface area contributed by atoms with Crippen molar-refractivity contribution < 1.29 is 0 Å². The Morgan fingerprint density at radius 2 is 1.52 bits per heavy atom. The Balaban J connectivity index is 1.89. The SMILES string of the molecule is Nc1c(-c2ccccc2)cnc2c(-c3ccc(Cl)cc3)cnn12. The molecule has 4 nitrogen and oxygen atoms in total. The molecule has 23 heavy (non-hydrogen) atoms. The molecule has 0 spiro atoms. The number of hydrogen-bond acceptors (Lipinski definition) is 3. The third kappa shape index (κ3) is 2.33. The zero-order valence-electron chi connectivity index (χ0n) is 12.1.